The molecule has 1 N–H and O–H groups in total. The molecule has 3 aromatic rings. The van der Waals surface area contributed by atoms with Gasteiger partial charge in [-0.15, -0.1) is 12.4 Å². The zero-order chi connectivity index (χ0) is 21.7. The van der Waals surface area contributed by atoms with Gasteiger partial charge in [0.2, 0.25) is 11.6 Å². The molecule has 0 aromatic heterocycles. The number of carbonyl (C=O) groups is 2. The number of nitrogens with one attached hydrogen (secondary N) is 1. The fourth-order valence-electron chi connectivity index (χ4n) is 4.31. The van der Waals surface area contributed by atoms with Crippen molar-refractivity contribution < 1.29 is 9.59 Å². The van der Waals surface area contributed by atoms with Gasteiger partial charge in [-0.2, -0.15) is 5.26 Å². The van der Waals surface area contributed by atoms with E-state index in [1.807, 2.05) is 54.6 Å². The van der Waals surface area contributed by atoms with Crippen LogP contribution in [0, 0.1) is 11.3 Å². The van der Waals surface area contributed by atoms with Crippen LogP contribution in [0.15, 0.2) is 78.9 Å². The number of ketones is 2. The van der Waals surface area contributed by atoms with Crippen LogP contribution in [-0.2, 0) is 11.3 Å². The molecule has 4 nitrogen and oxygen atoms in total. The molecule has 0 aliphatic heterocycles. The van der Waals surface area contributed by atoms with Crippen molar-refractivity contribution in [1.82, 2.24) is 5.32 Å². The van der Waals surface area contributed by atoms with Gasteiger partial charge in [-0.05, 0) is 35.6 Å². The van der Waals surface area contributed by atoms with Crippen LogP contribution in [0.5, 0.6) is 0 Å². The highest BCUT2D eigenvalue weighted by atomic mass is 35.5. The summed E-state index contributed by atoms with van der Waals surface area (Å²) < 4.78 is 0. The average molecular weight is 445 g/mol. The smallest absolute Gasteiger partial charge is 0.230 e. The highest BCUT2D eigenvalue weighted by Gasteiger charge is 2.43. The number of hydrogen-bond acceptors (Lipinski definition) is 4. The monoisotopic (exact) mass is 444 g/mol. The molecule has 1 aliphatic carbocycles. The van der Waals surface area contributed by atoms with Gasteiger partial charge in [0, 0.05) is 12.1 Å². The Balaban J connectivity index is 0.00000289. The number of Topliss-reactive ketones (excluding diaryl/α,β-unsaturated/α-hetero) is 2. The molecule has 0 saturated heterocycles. The molecule has 0 amide bonds. The van der Waals surface area contributed by atoms with Crippen LogP contribution >= 0.6 is 12.4 Å². The van der Waals surface area contributed by atoms with Crippen molar-refractivity contribution in [2.45, 2.75) is 37.8 Å². The van der Waals surface area contributed by atoms with E-state index >= 15 is 0 Å². The van der Waals surface area contributed by atoms with E-state index in [1.165, 1.54) is 0 Å². The summed E-state index contributed by atoms with van der Waals surface area (Å²) in [4.78, 5) is 26.0. The Morgan fingerprint density at radius 3 is 2.16 bits per heavy atom. The summed E-state index contributed by atoms with van der Waals surface area (Å²) in [6.45, 7) is 0.508. The zero-order valence-electron chi connectivity index (χ0n) is 17.7. The third-order valence-electron chi connectivity index (χ3n) is 6.08. The molecule has 4 rings (SSSR count). The normalized spacial score (nSPS) is 14.2. The van der Waals surface area contributed by atoms with Crippen molar-refractivity contribution in [3.8, 4) is 17.2 Å². The molecule has 32 heavy (non-hydrogen) atoms. The standard InChI is InChI=1S/C27H24N2O2.ClH/c28-18-23-10-4-5-11-24(23)21-14-12-20(13-15-21)19-29-27(16-6-7-17-27)26(31)25(30)22-8-2-1-3-9-22;/h1-5,8-15,29H,6-7,16-17,19H2;1H. The summed E-state index contributed by atoms with van der Waals surface area (Å²) >= 11 is 0. The number of halogens is 1. The van der Waals surface area contributed by atoms with E-state index < -0.39 is 11.3 Å². The van der Waals surface area contributed by atoms with Crippen LogP contribution in [0.25, 0.3) is 11.1 Å². The molecule has 1 saturated carbocycles. The Morgan fingerprint density at radius 1 is 0.875 bits per heavy atom. The summed E-state index contributed by atoms with van der Waals surface area (Å²) in [5.74, 6) is -0.755. The van der Waals surface area contributed by atoms with Crippen molar-refractivity contribution in [2.24, 2.45) is 0 Å². The Kier molecular flexibility index (Phi) is 7.58. The quantitative estimate of drug-likeness (QED) is 0.385. The van der Waals surface area contributed by atoms with Crippen LogP contribution in [-0.4, -0.2) is 17.1 Å². The Hall–Kier alpha value is -3.26. The molecule has 0 heterocycles. The summed E-state index contributed by atoms with van der Waals surface area (Å²) in [7, 11) is 0. The fraction of sp³-hybridized carbons (Fsp3) is 0.222. The predicted octanol–water partition coefficient (Wildman–Crippen LogP) is 5.50. The third-order valence-corrected chi connectivity index (χ3v) is 6.08. The van der Waals surface area contributed by atoms with Gasteiger partial charge in [-0.1, -0.05) is 85.6 Å². The second-order valence-electron chi connectivity index (χ2n) is 8.02. The molecule has 0 bridgehead atoms. The lowest BCUT2D eigenvalue weighted by Gasteiger charge is -2.28. The third kappa shape index (κ3) is 4.80. The number of benzene rings is 3. The summed E-state index contributed by atoms with van der Waals surface area (Å²) in [6, 6.07) is 26.5. The Bertz CT molecular complexity index is 1130. The number of carbonyl (C=O) groups excluding carboxylic acids is 2. The summed E-state index contributed by atoms with van der Waals surface area (Å²) in [6.07, 6.45) is 3.23. The largest absolute Gasteiger partial charge is 0.300 e. The van der Waals surface area contributed by atoms with Crippen molar-refractivity contribution in [3.63, 3.8) is 0 Å². The minimum atomic E-state index is -0.793. The maximum absolute atomic E-state index is 13.2. The topological polar surface area (TPSA) is 70.0 Å². The van der Waals surface area contributed by atoms with E-state index in [0.29, 0.717) is 30.5 Å². The lowest BCUT2D eigenvalue weighted by molar-refractivity contribution is -0.121. The molecule has 5 heteroatoms. The Labute approximate surface area is 194 Å². The van der Waals surface area contributed by atoms with Crippen LogP contribution < -0.4 is 5.32 Å². The van der Waals surface area contributed by atoms with Crippen LogP contribution in [0.2, 0.25) is 0 Å². The van der Waals surface area contributed by atoms with E-state index in [-0.39, 0.29) is 18.2 Å². The van der Waals surface area contributed by atoms with Crippen molar-refractivity contribution in [2.75, 3.05) is 0 Å². The second-order valence-corrected chi connectivity index (χ2v) is 8.02. The van der Waals surface area contributed by atoms with Crippen molar-refractivity contribution in [3.05, 3.63) is 95.6 Å². The van der Waals surface area contributed by atoms with Crippen molar-refractivity contribution in [1.29, 1.82) is 5.26 Å². The zero-order valence-corrected chi connectivity index (χ0v) is 18.5. The molecular weight excluding hydrogens is 420 g/mol. The van der Waals surface area contributed by atoms with Gasteiger partial charge in [0.1, 0.15) is 0 Å². The summed E-state index contributed by atoms with van der Waals surface area (Å²) in [5.41, 5.74) is 3.21. The van der Waals surface area contributed by atoms with E-state index in [1.54, 1.807) is 24.3 Å². The molecule has 0 atom stereocenters. The lowest BCUT2D eigenvalue weighted by atomic mass is 9.87. The minimum Gasteiger partial charge on any atom is -0.300 e. The molecular formula is C27H25ClN2O2. The Morgan fingerprint density at radius 2 is 1.50 bits per heavy atom. The lowest BCUT2D eigenvalue weighted by Crippen LogP contribution is -2.52. The van der Waals surface area contributed by atoms with Crippen LogP contribution in [0.3, 0.4) is 0 Å². The molecule has 0 radical (unpaired) electrons. The molecule has 0 spiro atoms. The molecule has 1 fully saturated rings. The fourth-order valence-corrected chi connectivity index (χ4v) is 4.31. The first-order valence-corrected chi connectivity index (χ1v) is 10.6. The van der Waals surface area contributed by atoms with Gasteiger partial charge in [0.25, 0.3) is 0 Å². The predicted molar refractivity (Wildman–Crippen MR) is 128 cm³/mol. The van der Waals surface area contributed by atoms with Crippen LogP contribution in [0.1, 0.15) is 47.2 Å². The minimum absolute atomic E-state index is 0. The van der Waals surface area contributed by atoms with Gasteiger partial charge >= 0.3 is 0 Å². The van der Waals surface area contributed by atoms with E-state index in [0.717, 1.165) is 29.5 Å². The van der Waals surface area contributed by atoms with Gasteiger partial charge in [0.15, 0.2) is 0 Å². The van der Waals surface area contributed by atoms with Gasteiger partial charge in [-0.3, -0.25) is 9.59 Å². The second kappa shape index (κ2) is 10.4. The van der Waals surface area contributed by atoms with E-state index in [4.69, 9.17) is 0 Å². The van der Waals surface area contributed by atoms with Gasteiger partial charge < -0.3 is 5.32 Å². The number of rotatable bonds is 7. The average Bonchev–Trinajstić information content (AvgIpc) is 3.33. The highest BCUT2D eigenvalue weighted by molar-refractivity contribution is 6.46. The molecule has 3 aromatic carbocycles. The van der Waals surface area contributed by atoms with Crippen LogP contribution in [0.4, 0.5) is 0 Å². The van der Waals surface area contributed by atoms with E-state index in [9.17, 15) is 14.9 Å². The highest BCUT2D eigenvalue weighted by Crippen LogP contribution is 2.32. The first kappa shape index (κ1) is 23.4. The number of hydrogen-bond donors (Lipinski definition) is 1. The number of nitrogens with zero attached hydrogens (tertiary/aromatic N) is 1. The van der Waals surface area contributed by atoms with Gasteiger partial charge in [-0.25, -0.2) is 0 Å². The first-order valence-electron chi connectivity index (χ1n) is 10.6. The molecule has 1 aliphatic rings. The van der Waals surface area contributed by atoms with Gasteiger partial charge in [0.05, 0.1) is 17.2 Å². The number of nitriles is 1. The first-order chi connectivity index (χ1) is 15.1. The van der Waals surface area contributed by atoms with E-state index in [2.05, 4.69) is 11.4 Å². The molecule has 162 valence electrons. The van der Waals surface area contributed by atoms with Crippen molar-refractivity contribution >= 4 is 24.0 Å². The maximum atomic E-state index is 13.2. The summed E-state index contributed by atoms with van der Waals surface area (Å²) in [5, 5.41) is 12.7. The maximum Gasteiger partial charge on any atom is 0.230 e. The molecule has 0 unspecified atom stereocenters. The SMILES string of the molecule is Cl.N#Cc1ccccc1-c1ccc(CNC2(C(=O)C(=O)c3ccccc3)CCCC2)cc1.